The topological polar surface area (TPSA) is 55.1 Å². The first-order valence-corrected chi connectivity index (χ1v) is 6.25. The first-order chi connectivity index (χ1) is 7.26. The highest BCUT2D eigenvalue weighted by atomic mass is 16.1. The van der Waals surface area contributed by atoms with Crippen LogP contribution in [0.1, 0.15) is 51.9 Å². The Bertz CT molecular complexity index is 184. The molecule has 1 atom stereocenters. The van der Waals surface area contributed by atoms with E-state index < -0.39 is 0 Å². The molecule has 3 nitrogen and oxygen atoms in total. The van der Waals surface area contributed by atoms with E-state index in [0.29, 0.717) is 24.9 Å². The summed E-state index contributed by atoms with van der Waals surface area (Å²) in [6.07, 6.45) is 7.53. The van der Waals surface area contributed by atoms with Crippen molar-refractivity contribution in [3.05, 3.63) is 0 Å². The van der Waals surface area contributed by atoms with Crippen LogP contribution in [0.4, 0.5) is 0 Å². The summed E-state index contributed by atoms with van der Waals surface area (Å²) in [5.74, 6) is 0.730. The molecular weight excluding hydrogens is 188 g/mol. The molecule has 3 N–H and O–H groups in total. The van der Waals surface area contributed by atoms with Gasteiger partial charge in [-0.1, -0.05) is 26.2 Å². The van der Waals surface area contributed by atoms with Crippen molar-refractivity contribution < 1.29 is 4.79 Å². The molecule has 1 aliphatic carbocycles. The van der Waals surface area contributed by atoms with E-state index in [1.807, 2.05) is 0 Å². The van der Waals surface area contributed by atoms with E-state index in [-0.39, 0.29) is 5.91 Å². The molecule has 15 heavy (non-hydrogen) atoms. The van der Waals surface area contributed by atoms with Crippen molar-refractivity contribution in [1.29, 1.82) is 0 Å². The second kappa shape index (κ2) is 6.83. The van der Waals surface area contributed by atoms with E-state index in [2.05, 4.69) is 12.2 Å². The minimum Gasteiger partial charge on any atom is -0.353 e. The molecule has 1 aliphatic rings. The van der Waals surface area contributed by atoms with Crippen molar-refractivity contribution in [2.45, 2.75) is 57.9 Å². The smallest absolute Gasteiger partial charge is 0.220 e. The van der Waals surface area contributed by atoms with E-state index in [4.69, 9.17) is 5.73 Å². The van der Waals surface area contributed by atoms with Gasteiger partial charge in [0, 0.05) is 12.5 Å². The molecule has 0 bridgehead atoms. The predicted octanol–water partition coefficient (Wildman–Crippen LogP) is 1.81. The zero-order chi connectivity index (χ0) is 11.1. The molecule has 0 heterocycles. The summed E-state index contributed by atoms with van der Waals surface area (Å²) in [7, 11) is 0. The fourth-order valence-electron chi connectivity index (χ4n) is 2.19. The summed E-state index contributed by atoms with van der Waals surface area (Å²) in [5, 5.41) is 3.10. The Hall–Kier alpha value is -0.570. The van der Waals surface area contributed by atoms with Gasteiger partial charge in [0.05, 0.1) is 0 Å². The Kier molecular flexibility index (Phi) is 5.69. The highest BCUT2D eigenvalue weighted by Crippen LogP contribution is 2.18. The molecule has 0 aromatic rings. The maximum Gasteiger partial charge on any atom is 0.220 e. The standard InChI is InChI=1S/C12H24N2O/c1-2-10(9-13)7-8-12(15)14-11-5-3-4-6-11/h10-11H,2-9,13H2,1H3,(H,14,15). The lowest BCUT2D eigenvalue weighted by Gasteiger charge is -2.14. The van der Waals surface area contributed by atoms with Gasteiger partial charge in [-0.25, -0.2) is 0 Å². The maximum atomic E-state index is 11.6. The van der Waals surface area contributed by atoms with E-state index in [1.165, 1.54) is 25.7 Å². The van der Waals surface area contributed by atoms with Gasteiger partial charge in [-0.2, -0.15) is 0 Å². The summed E-state index contributed by atoms with van der Waals surface area (Å²) in [4.78, 5) is 11.6. The Morgan fingerprint density at radius 1 is 1.47 bits per heavy atom. The highest BCUT2D eigenvalue weighted by molar-refractivity contribution is 5.76. The van der Waals surface area contributed by atoms with Gasteiger partial charge in [0.1, 0.15) is 0 Å². The Morgan fingerprint density at radius 2 is 2.13 bits per heavy atom. The molecule has 0 aliphatic heterocycles. The fourth-order valence-corrected chi connectivity index (χ4v) is 2.19. The van der Waals surface area contributed by atoms with Crippen LogP contribution in [0, 0.1) is 5.92 Å². The summed E-state index contributed by atoms with van der Waals surface area (Å²) < 4.78 is 0. The van der Waals surface area contributed by atoms with Gasteiger partial charge in [0.2, 0.25) is 5.91 Å². The fraction of sp³-hybridized carbons (Fsp3) is 0.917. The van der Waals surface area contributed by atoms with Gasteiger partial charge < -0.3 is 11.1 Å². The van der Waals surface area contributed by atoms with E-state index in [1.54, 1.807) is 0 Å². The van der Waals surface area contributed by atoms with Crippen molar-refractivity contribution in [2.75, 3.05) is 6.54 Å². The van der Waals surface area contributed by atoms with Crippen LogP contribution in [0.5, 0.6) is 0 Å². The second-order valence-electron chi connectivity index (χ2n) is 4.60. The molecule has 88 valence electrons. The predicted molar refractivity (Wildman–Crippen MR) is 62.5 cm³/mol. The number of carbonyl (C=O) groups excluding carboxylic acids is 1. The highest BCUT2D eigenvalue weighted by Gasteiger charge is 2.17. The molecule has 1 amide bonds. The van der Waals surface area contributed by atoms with Crippen molar-refractivity contribution in [3.8, 4) is 0 Å². The van der Waals surface area contributed by atoms with Gasteiger partial charge in [-0.3, -0.25) is 4.79 Å². The quantitative estimate of drug-likeness (QED) is 0.705. The zero-order valence-corrected chi connectivity index (χ0v) is 9.80. The maximum absolute atomic E-state index is 11.6. The van der Waals surface area contributed by atoms with Crippen molar-refractivity contribution in [1.82, 2.24) is 5.32 Å². The summed E-state index contributed by atoms with van der Waals surface area (Å²) in [5.41, 5.74) is 5.60. The molecule has 0 aromatic carbocycles. The van der Waals surface area contributed by atoms with Crippen molar-refractivity contribution >= 4 is 5.91 Å². The summed E-state index contributed by atoms with van der Waals surface area (Å²) >= 11 is 0. The van der Waals surface area contributed by atoms with Crippen LogP contribution in [-0.2, 0) is 4.79 Å². The number of nitrogens with one attached hydrogen (secondary N) is 1. The van der Waals surface area contributed by atoms with Gasteiger partial charge in [0.25, 0.3) is 0 Å². The Morgan fingerprint density at radius 3 is 2.67 bits per heavy atom. The monoisotopic (exact) mass is 212 g/mol. The number of rotatable bonds is 6. The first kappa shape index (κ1) is 12.5. The number of hydrogen-bond donors (Lipinski definition) is 2. The lowest BCUT2D eigenvalue weighted by molar-refractivity contribution is -0.122. The average molecular weight is 212 g/mol. The van der Waals surface area contributed by atoms with Crippen molar-refractivity contribution in [2.24, 2.45) is 11.7 Å². The lowest BCUT2D eigenvalue weighted by atomic mass is 10.0. The largest absolute Gasteiger partial charge is 0.353 e. The number of nitrogens with two attached hydrogens (primary N) is 1. The van der Waals surface area contributed by atoms with Crippen LogP contribution in [0.15, 0.2) is 0 Å². The lowest BCUT2D eigenvalue weighted by Crippen LogP contribution is -2.33. The van der Waals surface area contributed by atoms with E-state index >= 15 is 0 Å². The van der Waals surface area contributed by atoms with Crippen LogP contribution in [0.3, 0.4) is 0 Å². The normalized spacial score (nSPS) is 19.1. The molecule has 1 fully saturated rings. The van der Waals surface area contributed by atoms with Crippen LogP contribution in [0.25, 0.3) is 0 Å². The summed E-state index contributed by atoms with van der Waals surface area (Å²) in [6, 6.07) is 0.454. The molecule has 1 rings (SSSR count). The molecule has 0 radical (unpaired) electrons. The van der Waals surface area contributed by atoms with Crippen LogP contribution >= 0.6 is 0 Å². The number of hydrogen-bond acceptors (Lipinski definition) is 2. The number of carbonyl (C=O) groups is 1. The first-order valence-electron chi connectivity index (χ1n) is 6.25. The molecule has 0 spiro atoms. The van der Waals surface area contributed by atoms with Crippen molar-refractivity contribution in [3.63, 3.8) is 0 Å². The number of amides is 1. The van der Waals surface area contributed by atoms with Gasteiger partial charge >= 0.3 is 0 Å². The van der Waals surface area contributed by atoms with Crippen LogP contribution in [-0.4, -0.2) is 18.5 Å². The molecule has 1 unspecified atom stereocenters. The Balaban J connectivity index is 2.12. The van der Waals surface area contributed by atoms with E-state index in [0.717, 1.165) is 12.8 Å². The minimum atomic E-state index is 0.216. The van der Waals surface area contributed by atoms with E-state index in [9.17, 15) is 4.79 Å². The molecule has 0 aromatic heterocycles. The Labute approximate surface area is 92.8 Å². The molecule has 0 saturated heterocycles. The van der Waals surface area contributed by atoms with Gasteiger partial charge in [-0.15, -0.1) is 0 Å². The SMILES string of the molecule is CCC(CN)CCC(=O)NC1CCCC1. The van der Waals surface area contributed by atoms with Crippen LogP contribution < -0.4 is 11.1 Å². The zero-order valence-electron chi connectivity index (χ0n) is 9.80. The third-order valence-corrected chi connectivity index (χ3v) is 3.41. The van der Waals surface area contributed by atoms with Crippen LogP contribution in [0.2, 0.25) is 0 Å². The molecule has 3 heteroatoms. The van der Waals surface area contributed by atoms with Gasteiger partial charge in [-0.05, 0) is 31.7 Å². The minimum absolute atomic E-state index is 0.216. The average Bonchev–Trinajstić information content (AvgIpc) is 2.72. The third-order valence-electron chi connectivity index (χ3n) is 3.41. The second-order valence-corrected chi connectivity index (χ2v) is 4.60. The third kappa shape index (κ3) is 4.65. The van der Waals surface area contributed by atoms with Gasteiger partial charge in [0.15, 0.2) is 0 Å². The molecular formula is C12H24N2O. The summed E-state index contributed by atoms with van der Waals surface area (Å²) in [6.45, 7) is 2.83. The molecule has 1 saturated carbocycles.